The summed E-state index contributed by atoms with van der Waals surface area (Å²) in [7, 11) is 1.65. The molecule has 3 heteroatoms. The monoisotopic (exact) mass is 191 g/mol. The van der Waals surface area contributed by atoms with E-state index in [4.69, 9.17) is 0 Å². The molecule has 0 saturated carbocycles. The van der Waals surface area contributed by atoms with E-state index in [1.807, 2.05) is 6.07 Å². The van der Waals surface area contributed by atoms with Gasteiger partial charge >= 0.3 is 0 Å². The molecule has 0 aromatic heterocycles. The van der Waals surface area contributed by atoms with E-state index in [0.717, 1.165) is 24.0 Å². The third-order valence-corrected chi connectivity index (χ3v) is 2.77. The largest absolute Gasteiger partial charge is 0.508 e. The Labute approximate surface area is 82.8 Å². The van der Waals surface area contributed by atoms with Crippen LogP contribution >= 0.6 is 0 Å². The second-order valence-electron chi connectivity index (χ2n) is 3.59. The fraction of sp³-hybridized carbons (Fsp3) is 0.364. The highest BCUT2D eigenvalue weighted by atomic mass is 16.3. The molecule has 0 bridgehead atoms. The van der Waals surface area contributed by atoms with E-state index in [1.165, 1.54) is 0 Å². The van der Waals surface area contributed by atoms with Crippen molar-refractivity contribution in [3.8, 4) is 5.75 Å². The Balaban J connectivity index is 2.35. The van der Waals surface area contributed by atoms with Crippen molar-refractivity contribution in [2.24, 2.45) is 0 Å². The zero-order chi connectivity index (χ0) is 10.1. The third-order valence-electron chi connectivity index (χ3n) is 2.77. The van der Waals surface area contributed by atoms with Gasteiger partial charge in [0.2, 0.25) is 5.91 Å². The number of rotatable bonds is 1. The molecule has 1 aromatic rings. The van der Waals surface area contributed by atoms with Crippen LogP contribution in [0.1, 0.15) is 23.5 Å². The normalized spacial score (nSPS) is 19.1. The van der Waals surface area contributed by atoms with Gasteiger partial charge in [-0.2, -0.15) is 0 Å². The number of hydrogen-bond donors (Lipinski definition) is 2. The van der Waals surface area contributed by atoms with Gasteiger partial charge in [-0.25, -0.2) is 0 Å². The maximum atomic E-state index is 11.5. The maximum absolute atomic E-state index is 11.5. The molecule has 0 radical (unpaired) electrons. The molecule has 1 unspecified atom stereocenters. The van der Waals surface area contributed by atoms with Crippen molar-refractivity contribution < 1.29 is 9.90 Å². The van der Waals surface area contributed by atoms with E-state index in [9.17, 15) is 9.90 Å². The highest BCUT2D eigenvalue weighted by molar-refractivity contribution is 5.84. The molecule has 1 amide bonds. The topological polar surface area (TPSA) is 49.3 Å². The summed E-state index contributed by atoms with van der Waals surface area (Å²) in [4.78, 5) is 11.5. The Morgan fingerprint density at radius 1 is 1.57 bits per heavy atom. The van der Waals surface area contributed by atoms with Crippen molar-refractivity contribution in [3.63, 3.8) is 0 Å². The molecule has 14 heavy (non-hydrogen) atoms. The van der Waals surface area contributed by atoms with Gasteiger partial charge in [0, 0.05) is 7.05 Å². The lowest BCUT2D eigenvalue weighted by molar-refractivity contribution is -0.122. The third kappa shape index (κ3) is 1.35. The highest BCUT2D eigenvalue weighted by Gasteiger charge is 2.27. The summed E-state index contributed by atoms with van der Waals surface area (Å²) in [6.45, 7) is 0. The molecule has 2 rings (SSSR count). The van der Waals surface area contributed by atoms with Crippen LogP contribution in [0.15, 0.2) is 18.2 Å². The summed E-state index contributed by atoms with van der Waals surface area (Å²) in [5, 5.41) is 11.9. The number of amides is 1. The Kier molecular flexibility index (Phi) is 2.15. The second kappa shape index (κ2) is 3.33. The Bertz CT molecular complexity index is 374. The molecule has 0 saturated heterocycles. The van der Waals surface area contributed by atoms with Gasteiger partial charge < -0.3 is 10.4 Å². The summed E-state index contributed by atoms with van der Waals surface area (Å²) >= 11 is 0. The molecule has 0 aliphatic heterocycles. The number of carbonyl (C=O) groups excluding carboxylic acids is 1. The second-order valence-corrected chi connectivity index (χ2v) is 3.59. The number of phenols is 1. The summed E-state index contributed by atoms with van der Waals surface area (Å²) in [5.41, 5.74) is 2.15. The van der Waals surface area contributed by atoms with E-state index in [1.54, 1.807) is 19.2 Å². The molecule has 3 nitrogen and oxygen atoms in total. The maximum Gasteiger partial charge on any atom is 0.227 e. The smallest absolute Gasteiger partial charge is 0.227 e. The quantitative estimate of drug-likeness (QED) is 0.700. The van der Waals surface area contributed by atoms with Gasteiger partial charge in [0.25, 0.3) is 0 Å². The first-order chi connectivity index (χ1) is 6.72. The lowest BCUT2D eigenvalue weighted by atomic mass is 10.0. The van der Waals surface area contributed by atoms with Gasteiger partial charge in [0.1, 0.15) is 5.75 Å². The number of aryl methyl sites for hydroxylation is 1. The average Bonchev–Trinajstić information content (AvgIpc) is 2.59. The zero-order valence-electron chi connectivity index (χ0n) is 8.08. The van der Waals surface area contributed by atoms with Crippen LogP contribution in [0.5, 0.6) is 5.75 Å². The van der Waals surface area contributed by atoms with Crippen molar-refractivity contribution >= 4 is 5.91 Å². The zero-order valence-corrected chi connectivity index (χ0v) is 8.08. The average molecular weight is 191 g/mol. The molecule has 1 atom stereocenters. The van der Waals surface area contributed by atoms with Crippen LogP contribution in [0.25, 0.3) is 0 Å². The first kappa shape index (κ1) is 9.06. The molecule has 1 aliphatic carbocycles. The van der Waals surface area contributed by atoms with Crippen LogP contribution in [0, 0.1) is 0 Å². The molecular formula is C11H13NO2. The van der Waals surface area contributed by atoms with Crippen molar-refractivity contribution in [2.75, 3.05) is 7.05 Å². The van der Waals surface area contributed by atoms with Crippen LogP contribution in [-0.4, -0.2) is 18.1 Å². The highest BCUT2D eigenvalue weighted by Crippen LogP contribution is 2.34. The van der Waals surface area contributed by atoms with Gasteiger partial charge in [-0.1, -0.05) is 6.07 Å². The summed E-state index contributed by atoms with van der Waals surface area (Å²) in [6.07, 6.45) is 1.72. The number of benzene rings is 1. The van der Waals surface area contributed by atoms with Gasteiger partial charge in [0.05, 0.1) is 5.92 Å². The van der Waals surface area contributed by atoms with E-state index < -0.39 is 0 Å². The minimum atomic E-state index is -0.0319. The fourth-order valence-corrected chi connectivity index (χ4v) is 2.05. The van der Waals surface area contributed by atoms with Crippen LogP contribution in [0.2, 0.25) is 0 Å². The van der Waals surface area contributed by atoms with Crippen LogP contribution < -0.4 is 5.32 Å². The standard InChI is InChI=1S/C11H13NO2/c1-12-11(14)10-4-2-7-6-8(13)3-5-9(7)10/h3,5-6,10,13H,2,4H2,1H3,(H,12,14). The summed E-state index contributed by atoms with van der Waals surface area (Å²) in [6, 6.07) is 5.23. The van der Waals surface area contributed by atoms with E-state index in [0.29, 0.717) is 0 Å². The molecule has 2 N–H and O–H groups in total. The number of likely N-dealkylation sites (N-methyl/N-ethyl adjacent to an activating group) is 1. The molecule has 74 valence electrons. The SMILES string of the molecule is CNC(=O)C1CCc2cc(O)ccc21. The van der Waals surface area contributed by atoms with E-state index in [-0.39, 0.29) is 17.6 Å². The minimum Gasteiger partial charge on any atom is -0.508 e. The number of phenolic OH excluding ortho intramolecular Hbond substituents is 1. The van der Waals surface area contributed by atoms with Gasteiger partial charge in [0.15, 0.2) is 0 Å². The number of fused-ring (bicyclic) bond motifs is 1. The first-order valence-electron chi connectivity index (χ1n) is 4.75. The lowest BCUT2D eigenvalue weighted by Crippen LogP contribution is -2.24. The number of aromatic hydroxyl groups is 1. The van der Waals surface area contributed by atoms with Gasteiger partial charge in [-0.3, -0.25) is 4.79 Å². The molecule has 1 aromatic carbocycles. The van der Waals surface area contributed by atoms with Crippen molar-refractivity contribution in [3.05, 3.63) is 29.3 Å². The first-order valence-corrected chi connectivity index (χ1v) is 4.75. The molecule has 0 heterocycles. The van der Waals surface area contributed by atoms with Crippen molar-refractivity contribution in [1.29, 1.82) is 0 Å². The van der Waals surface area contributed by atoms with Crippen molar-refractivity contribution in [2.45, 2.75) is 18.8 Å². The predicted octanol–water partition coefficient (Wildman–Crippen LogP) is 1.17. The Morgan fingerprint density at radius 3 is 3.07 bits per heavy atom. The Hall–Kier alpha value is -1.51. The molecule has 0 fully saturated rings. The summed E-state index contributed by atoms with van der Waals surface area (Å²) in [5.74, 6) is 0.311. The number of carbonyl (C=O) groups is 1. The van der Waals surface area contributed by atoms with Crippen LogP contribution in [0.3, 0.4) is 0 Å². The lowest BCUT2D eigenvalue weighted by Gasteiger charge is -2.09. The molecule has 0 spiro atoms. The fourth-order valence-electron chi connectivity index (χ4n) is 2.05. The molecular weight excluding hydrogens is 178 g/mol. The van der Waals surface area contributed by atoms with Gasteiger partial charge in [-0.05, 0) is 36.1 Å². The van der Waals surface area contributed by atoms with E-state index >= 15 is 0 Å². The van der Waals surface area contributed by atoms with Crippen LogP contribution in [0.4, 0.5) is 0 Å². The predicted molar refractivity (Wildman–Crippen MR) is 53.2 cm³/mol. The summed E-state index contributed by atoms with van der Waals surface area (Å²) < 4.78 is 0. The van der Waals surface area contributed by atoms with Crippen LogP contribution in [-0.2, 0) is 11.2 Å². The number of nitrogens with one attached hydrogen (secondary N) is 1. The number of hydrogen-bond acceptors (Lipinski definition) is 2. The van der Waals surface area contributed by atoms with Crippen molar-refractivity contribution in [1.82, 2.24) is 5.32 Å². The Morgan fingerprint density at radius 2 is 2.36 bits per heavy atom. The van der Waals surface area contributed by atoms with E-state index in [2.05, 4.69) is 5.32 Å². The minimum absolute atomic E-state index is 0.0319. The molecule has 1 aliphatic rings. The van der Waals surface area contributed by atoms with Gasteiger partial charge in [-0.15, -0.1) is 0 Å².